The standard InChI is InChI=1S/C14H16BrN3O/c1-18-7-6-14(17-18)16-12-3-2-8-19-13-9-10(15)4-5-11(12)13/h4-7,9,12H,2-3,8H2,1H3,(H,16,17). The van der Waals surface area contributed by atoms with Gasteiger partial charge in [-0.2, -0.15) is 5.10 Å². The van der Waals surface area contributed by atoms with Crippen molar-refractivity contribution in [3.63, 3.8) is 0 Å². The summed E-state index contributed by atoms with van der Waals surface area (Å²) in [7, 11) is 1.92. The zero-order valence-electron chi connectivity index (χ0n) is 10.8. The number of aromatic nitrogens is 2. The molecule has 0 amide bonds. The highest BCUT2D eigenvalue weighted by Crippen LogP contribution is 2.35. The number of anilines is 1. The van der Waals surface area contributed by atoms with Gasteiger partial charge >= 0.3 is 0 Å². The van der Waals surface area contributed by atoms with Crippen LogP contribution in [0, 0.1) is 0 Å². The van der Waals surface area contributed by atoms with E-state index in [4.69, 9.17) is 4.74 Å². The molecule has 0 saturated carbocycles. The highest BCUT2D eigenvalue weighted by Gasteiger charge is 2.20. The molecule has 100 valence electrons. The van der Waals surface area contributed by atoms with Gasteiger partial charge in [0.1, 0.15) is 11.6 Å². The lowest BCUT2D eigenvalue weighted by Gasteiger charge is -2.18. The number of nitrogens with one attached hydrogen (secondary N) is 1. The first-order valence-corrected chi connectivity index (χ1v) is 7.20. The molecule has 1 unspecified atom stereocenters. The maximum Gasteiger partial charge on any atom is 0.148 e. The van der Waals surface area contributed by atoms with E-state index in [1.54, 1.807) is 4.68 Å². The quantitative estimate of drug-likeness (QED) is 0.920. The second-order valence-corrected chi connectivity index (χ2v) is 5.66. The van der Waals surface area contributed by atoms with Crippen LogP contribution in [0.4, 0.5) is 5.82 Å². The molecule has 0 radical (unpaired) electrons. The van der Waals surface area contributed by atoms with Crippen LogP contribution in [-0.4, -0.2) is 16.4 Å². The second kappa shape index (κ2) is 5.25. The van der Waals surface area contributed by atoms with E-state index in [0.717, 1.165) is 35.5 Å². The van der Waals surface area contributed by atoms with Crippen molar-refractivity contribution < 1.29 is 4.74 Å². The number of halogens is 1. The fourth-order valence-electron chi connectivity index (χ4n) is 2.37. The van der Waals surface area contributed by atoms with E-state index in [1.165, 1.54) is 5.56 Å². The molecule has 1 aromatic heterocycles. The second-order valence-electron chi connectivity index (χ2n) is 4.74. The van der Waals surface area contributed by atoms with Crippen LogP contribution in [0.15, 0.2) is 34.9 Å². The van der Waals surface area contributed by atoms with E-state index < -0.39 is 0 Å². The normalized spacial score (nSPS) is 18.3. The summed E-state index contributed by atoms with van der Waals surface area (Å²) in [6.45, 7) is 0.768. The molecule has 0 spiro atoms. The van der Waals surface area contributed by atoms with Gasteiger partial charge in [0.2, 0.25) is 0 Å². The van der Waals surface area contributed by atoms with Gasteiger partial charge in [0, 0.05) is 29.3 Å². The number of hydrogen-bond acceptors (Lipinski definition) is 3. The molecule has 0 aliphatic carbocycles. The van der Waals surface area contributed by atoms with Crippen LogP contribution in [0.3, 0.4) is 0 Å². The number of ether oxygens (including phenoxy) is 1. The lowest BCUT2D eigenvalue weighted by Crippen LogP contribution is -2.10. The van der Waals surface area contributed by atoms with E-state index in [1.807, 2.05) is 25.4 Å². The fourth-order valence-corrected chi connectivity index (χ4v) is 2.71. The average Bonchev–Trinajstić information content (AvgIpc) is 2.68. The molecule has 1 aliphatic heterocycles. The predicted octanol–water partition coefficient (Wildman–Crippen LogP) is 3.51. The highest BCUT2D eigenvalue weighted by molar-refractivity contribution is 9.10. The first-order valence-electron chi connectivity index (χ1n) is 6.41. The maximum atomic E-state index is 5.81. The summed E-state index contributed by atoms with van der Waals surface area (Å²) < 4.78 is 8.66. The molecule has 4 nitrogen and oxygen atoms in total. The van der Waals surface area contributed by atoms with E-state index in [0.29, 0.717) is 0 Å². The van der Waals surface area contributed by atoms with E-state index in [9.17, 15) is 0 Å². The van der Waals surface area contributed by atoms with Crippen LogP contribution in [-0.2, 0) is 7.05 Å². The summed E-state index contributed by atoms with van der Waals surface area (Å²) in [5.74, 6) is 1.86. The molecule has 2 aromatic rings. The Hall–Kier alpha value is -1.49. The average molecular weight is 322 g/mol. The lowest BCUT2D eigenvalue weighted by molar-refractivity contribution is 0.316. The Morgan fingerprint density at radius 2 is 2.32 bits per heavy atom. The Balaban J connectivity index is 1.89. The monoisotopic (exact) mass is 321 g/mol. The van der Waals surface area contributed by atoms with Crippen LogP contribution in [0.25, 0.3) is 0 Å². The minimum atomic E-state index is 0.250. The molecular formula is C14H16BrN3O. The third-order valence-corrected chi connectivity index (χ3v) is 3.77. The first-order chi connectivity index (χ1) is 9.22. The summed E-state index contributed by atoms with van der Waals surface area (Å²) in [5, 5.41) is 7.87. The first kappa shape index (κ1) is 12.5. The maximum absolute atomic E-state index is 5.81. The van der Waals surface area contributed by atoms with Crippen molar-refractivity contribution in [3.8, 4) is 5.75 Å². The summed E-state index contributed by atoms with van der Waals surface area (Å²) in [6, 6.07) is 8.45. The van der Waals surface area contributed by atoms with Crippen molar-refractivity contribution in [1.82, 2.24) is 9.78 Å². The number of rotatable bonds is 2. The third kappa shape index (κ3) is 2.76. The third-order valence-electron chi connectivity index (χ3n) is 3.28. The molecule has 0 bridgehead atoms. The van der Waals surface area contributed by atoms with Crippen molar-refractivity contribution in [1.29, 1.82) is 0 Å². The van der Waals surface area contributed by atoms with Gasteiger partial charge in [-0.25, -0.2) is 0 Å². The Bertz CT molecular complexity index is 582. The van der Waals surface area contributed by atoms with E-state index >= 15 is 0 Å². The summed E-state index contributed by atoms with van der Waals surface area (Å²) in [4.78, 5) is 0. The summed E-state index contributed by atoms with van der Waals surface area (Å²) in [6.07, 6.45) is 4.03. The van der Waals surface area contributed by atoms with Gasteiger partial charge in [0.15, 0.2) is 0 Å². The van der Waals surface area contributed by atoms with Crippen LogP contribution < -0.4 is 10.1 Å². The van der Waals surface area contributed by atoms with Gasteiger partial charge in [0.25, 0.3) is 0 Å². The number of fused-ring (bicyclic) bond motifs is 1. The Kier molecular flexibility index (Phi) is 3.46. The topological polar surface area (TPSA) is 39.1 Å². The van der Waals surface area contributed by atoms with Gasteiger partial charge in [-0.15, -0.1) is 0 Å². The van der Waals surface area contributed by atoms with Crippen molar-refractivity contribution in [2.45, 2.75) is 18.9 Å². The molecule has 2 heterocycles. The molecule has 19 heavy (non-hydrogen) atoms. The van der Waals surface area contributed by atoms with Crippen LogP contribution in [0.2, 0.25) is 0 Å². The smallest absolute Gasteiger partial charge is 0.148 e. The molecule has 3 rings (SSSR count). The number of nitrogens with zero attached hydrogens (tertiary/aromatic N) is 2. The van der Waals surface area contributed by atoms with Gasteiger partial charge in [0.05, 0.1) is 12.6 Å². The molecule has 1 atom stereocenters. The van der Waals surface area contributed by atoms with Crippen LogP contribution in [0.5, 0.6) is 5.75 Å². The van der Waals surface area contributed by atoms with Crippen molar-refractivity contribution in [2.75, 3.05) is 11.9 Å². The molecule has 0 saturated heterocycles. The summed E-state index contributed by atoms with van der Waals surface area (Å²) >= 11 is 3.49. The minimum absolute atomic E-state index is 0.250. The molecule has 1 aromatic carbocycles. The number of aryl methyl sites for hydroxylation is 1. The van der Waals surface area contributed by atoms with Gasteiger partial charge in [-0.3, -0.25) is 4.68 Å². The molecule has 1 N–H and O–H groups in total. The fraction of sp³-hybridized carbons (Fsp3) is 0.357. The van der Waals surface area contributed by atoms with Crippen LogP contribution >= 0.6 is 15.9 Å². The Labute approximate surface area is 120 Å². The van der Waals surface area contributed by atoms with E-state index in [2.05, 4.69) is 38.5 Å². The zero-order valence-corrected chi connectivity index (χ0v) is 12.4. The Morgan fingerprint density at radius 3 is 3.11 bits per heavy atom. The van der Waals surface area contributed by atoms with Crippen molar-refractivity contribution >= 4 is 21.7 Å². The SMILES string of the molecule is Cn1ccc(NC2CCCOc3cc(Br)ccc32)n1. The number of benzene rings is 1. The van der Waals surface area contributed by atoms with E-state index in [-0.39, 0.29) is 6.04 Å². The number of hydrogen-bond donors (Lipinski definition) is 1. The summed E-state index contributed by atoms with van der Waals surface area (Å²) in [5.41, 5.74) is 1.20. The van der Waals surface area contributed by atoms with Crippen molar-refractivity contribution in [3.05, 3.63) is 40.5 Å². The van der Waals surface area contributed by atoms with Gasteiger partial charge in [-0.05, 0) is 25.0 Å². The largest absolute Gasteiger partial charge is 0.493 e. The van der Waals surface area contributed by atoms with Gasteiger partial charge < -0.3 is 10.1 Å². The Morgan fingerprint density at radius 1 is 1.42 bits per heavy atom. The molecular weight excluding hydrogens is 306 g/mol. The molecule has 1 aliphatic rings. The molecule has 0 fully saturated rings. The van der Waals surface area contributed by atoms with Crippen LogP contribution in [0.1, 0.15) is 24.4 Å². The highest BCUT2D eigenvalue weighted by atomic mass is 79.9. The lowest BCUT2D eigenvalue weighted by atomic mass is 10.0. The molecule has 5 heteroatoms. The predicted molar refractivity (Wildman–Crippen MR) is 78.4 cm³/mol. The zero-order chi connectivity index (χ0) is 13.2. The van der Waals surface area contributed by atoms with Crippen molar-refractivity contribution in [2.24, 2.45) is 7.05 Å². The minimum Gasteiger partial charge on any atom is -0.493 e. The van der Waals surface area contributed by atoms with Gasteiger partial charge in [-0.1, -0.05) is 22.0 Å².